The van der Waals surface area contributed by atoms with Crippen molar-refractivity contribution in [2.75, 3.05) is 35.5 Å². The van der Waals surface area contributed by atoms with Crippen molar-refractivity contribution in [1.29, 1.82) is 0 Å². The first-order valence-electron chi connectivity index (χ1n) is 33.3. The zero-order valence-electron chi connectivity index (χ0n) is 57.7. The molecule has 0 N–H and O–H groups in total. The Morgan fingerprint density at radius 1 is 0.472 bits per heavy atom. The van der Waals surface area contributed by atoms with Gasteiger partial charge in [-0.1, -0.05) is 146 Å². The molecule has 0 saturated heterocycles. The molecule has 0 radical (unpaired) electrons. The number of rotatable bonds is 23. The monoisotopic (exact) mass is 1450 g/mol. The Labute approximate surface area is 607 Å². The van der Waals surface area contributed by atoms with Crippen molar-refractivity contribution in [3.8, 4) is 40.2 Å². The van der Waals surface area contributed by atoms with Crippen LogP contribution in [0.3, 0.4) is 0 Å². The van der Waals surface area contributed by atoms with Gasteiger partial charge in [-0.3, -0.25) is 19.6 Å². The van der Waals surface area contributed by atoms with Gasteiger partial charge in [-0.05, 0) is 118 Å². The molecule has 12 aromatic rings. The van der Waals surface area contributed by atoms with E-state index in [0.29, 0.717) is 73.7 Å². The molecule has 10 aromatic carbocycles. The number of hydrogen-bond acceptors (Lipinski definition) is 15. The summed E-state index contributed by atoms with van der Waals surface area (Å²) in [6, 6.07) is 63.3. The van der Waals surface area contributed by atoms with Crippen molar-refractivity contribution in [3.05, 3.63) is 326 Å². The van der Waals surface area contributed by atoms with Gasteiger partial charge in [0, 0.05) is 77.2 Å². The van der Waals surface area contributed by atoms with Crippen LogP contribution in [0.2, 0.25) is 0 Å². The fourth-order valence-electron chi connectivity index (χ4n) is 13.1. The summed E-state index contributed by atoms with van der Waals surface area (Å²) in [4.78, 5) is 55.4. The van der Waals surface area contributed by atoms with E-state index in [1.54, 1.807) is 61.7 Å². The maximum atomic E-state index is 14.6. The molecule has 0 saturated carbocycles. The van der Waals surface area contributed by atoms with Gasteiger partial charge >= 0.3 is 21.6 Å². The topological polar surface area (TPSA) is 191 Å². The van der Waals surface area contributed by atoms with Crippen LogP contribution in [-0.4, -0.2) is 87.0 Å². The lowest BCUT2D eigenvalue weighted by Gasteiger charge is -2.24. The van der Waals surface area contributed by atoms with Gasteiger partial charge < -0.3 is 47.1 Å². The summed E-state index contributed by atoms with van der Waals surface area (Å²) in [5.74, 6) is -0.840. The highest BCUT2D eigenvalue weighted by Crippen LogP contribution is 2.50. The fraction of sp³-hybridized carbons (Fsp3) is 0.169. The van der Waals surface area contributed by atoms with Gasteiger partial charge in [-0.2, -0.15) is 21.6 Å². The van der Waals surface area contributed by atoms with Crippen LogP contribution in [0.5, 0.6) is 40.2 Å². The van der Waals surface area contributed by atoms with Crippen LogP contribution in [0.15, 0.2) is 231 Å². The molecule has 0 unspecified atom stereocenters. The third kappa shape index (κ3) is 15.0. The number of esters is 1. The summed E-state index contributed by atoms with van der Waals surface area (Å²) in [6.45, 7) is -0.140. The predicted octanol–water partition coefficient (Wildman–Crippen LogP) is 16.6. The second-order valence-electron chi connectivity index (χ2n) is 24.9. The van der Waals surface area contributed by atoms with Gasteiger partial charge in [0.15, 0.2) is 17.2 Å². The van der Waals surface area contributed by atoms with Gasteiger partial charge in [0.25, 0.3) is 11.8 Å². The Hall–Kier alpha value is -12.4. The number of carbonyl (C=O) groups excluding carboxylic acids is 3. The number of fused-ring (bicyclic) bond motifs is 4. The van der Waals surface area contributed by atoms with Crippen molar-refractivity contribution in [3.63, 3.8) is 0 Å². The molecule has 0 spiro atoms. The van der Waals surface area contributed by atoms with Crippen LogP contribution >= 0.6 is 0 Å². The van der Waals surface area contributed by atoms with Crippen LogP contribution < -0.4 is 32.6 Å². The molecule has 2 aliphatic rings. The first kappa shape index (κ1) is 72.0. The number of amides is 2. The van der Waals surface area contributed by atoms with Gasteiger partial charge in [-0.25, -0.2) is 13.6 Å². The molecule has 0 bridgehead atoms. The van der Waals surface area contributed by atoms with E-state index in [4.69, 9.17) is 42.3 Å². The highest BCUT2D eigenvalue weighted by molar-refractivity contribution is 7.88. The first-order valence-corrected chi connectivity index (χ1v) is 34.7. The first-order chi connectivity index (χ1) is 51.2. The standard InChI is InChI=1S/C42H35FN2O6.C41H32F4N2O7S/c1-48-32-19-16-30(35(22-32)49-2)24-45-25-34-36(42(47)50-3)33-21-27(20-26-14-17-31(43)18-15-26)23-44-38(33)40(37(34)41(45)46)51-39(28-10-6-4-7-11-28)29-12-8-5-9-13-29;1-51-31-18-15-29(34(21-31)52-2)23-47-24-33-35(40(47)48)39(53-37(27-9-5-3-6-10-27)28-11-7-4-8-12-28)36-32(38(33)54-55(49,50)41(43,44)45)20-26(22-46-36)19-25-13-16-30(42)17-14-25/h4-19,21-23,39H,20,24-25H2,1-3H3;3-18,20-22,37H,19,23-24H2,1-2H3. The minimum absolute atomic E-state index is 0.0815. The molecule has 17 nitrogen and oxygen atoms in total. The van der Waals surface area contributed by atoms with Gasteiger partial charge in [0.1, 0.15) is 57.9 Å². The van der Waals surface area contributed by atoms with Crippen molar-refractivity contribution >= 4 is 49.7 Å². The molecule has 23 heteroatoms. The number of pyridine rings is 2. The quantitative estimate of drug-likeness (QED) is 0.0254. The highest BCUT2D eigenvalue weighted by Gasteiger charge is 2.50. The van der Waals surface area contributed by atoms with E-state index in [-0.39, 0.29) is 89.0 Å². The molecule has 2 aromatic heterocycles. The van der Waals surface area contributed by atoms with Crippen molar-refractivity contribution in [1.82, 2.24) is 19.8 Å². The summed E-state index contributed by atoms with van der Waals surface area (Å²) in [5.41, 5.74) is 2.25. The van der Waals surface area contributed by atoms with Crippen molar-refractivity contribution < 1.29 is 82.1 Å². The fourth-order valence-corrected chi connectivity index (χ4v) is 13.6. The SMILES string of the molecule is COC(=O)c1c2c(c(OC(c3ccccc3)c3ccccc3)c3ncc(Cc4ccc(F)cc4)cc13)C(=O)N(Cc1ccc(OC)cc1OC)C2.COc1ccc(CN2Cc3c(c(OC(c4ccccc4)c4ccccc4)c4ncc(Cc5ccc(F)cc5)cc4c3OS(=O)(=O)C(F)(F)F)C2=O)c(OC)c1. The summed E-state index contributed by atoms with van der Waals surface area (Å²) < 4.78 is 141. The zero-order valence-corrected chi connectivity index (χ0v) is 58.5. The number of aromatic nitrogens is 2. The number of methoxy groups -OCH3 is 5. The molecule has 0 aliphatic carbocycles. The second kappa shape index (κ2) is 30.9. The Morgan fingerprint density at radius 3 is 1.25 bits per heavy atom. The zero-order chi connectivity index (χ0) is 74.4. The molecule has 2 amide bonds. The maximum absolute atomic E-state index is 14.6. The van der Waals surface area contributed by atoms with Crippen LogP contribution in [0.4, 0.5) is 22.0 Å². The van der Waals surface area contributed by atoms with E-state index >= 15 is 0 Å². The van der Waals surface area contributed by atoms with Gasteiger partial charge in [-0.15, -0.1) is 0 Å². The minimum atomic E-state index is -6.25. The number of benzene rings is 10. The molecular formula is C83H67F5N4O13S. The number of ether oxygens (including phenoxy) is 7. The lowest BCUT2D eigenvalue weighted by atomic mass is 9.94. The number of halogens is 5. The molecule has 538 valence electrons. The smallest absolute Gasteiger partial charge is 0.497 e. The lowest BCUT2D eigenvalue weighted by Crippen LogP contribution is -2.28. The maximum Gasteiger partial charge on any atom is 0.534 e. The number of nitrogens with zero attached hydrogens (tertiary/aromatic N) is 4. The number of hydrogen-bond donors (Lipinski definition) is 0. The molecule has 106 heavy (non-hydrogen) atoms. The normalized spacial score (nSPS) is 12.6. The van der Waals surface area contributed by atoms with E-state index in [9.17, 15) is 44.8 Å². The van der Waals surface area contributed by atoms with Gasteiger partial charge in [0.05, 0.1) is 58.8 Å². The minimum Gasteiger partial charge on any atom is -0.497 e. The summed E-state index contributed by atoms with van der Waals surface area (Å²) >= 11 is 0. The van der Waals surface area contributed by atoms with E-state index in [1.165, 1.54) is 74.9 Å². The van der Waals surface area contributed by atoms with E-state index in [0.717, 1.165) is 27.8 Å². The lowest BCUT2D eigenvalue weighted by molar-refractivity contribution is -0.0500. The van der Waals surface area contributed by atoms with Crippen LogP contribution in [0.1, 0.15) is 110 Å². The molecule has 2 aliphatic heterocycles. The third-order valence-electron chi connectivity index (χ3n) is 18.3. The highest BCUT2D eigenvalue weighted by atomic mass is 32.2. The van der Waals surface area contributed by atoms with Crippen LogP contribution in [0, 0.1) is 11.6 Å². The van der Waals surface area contributed by atoms with E-state index in [1.807, 2.05) is 140 Å². The van der Waals surface area contributed by atoms with E-state index in [2.05, 4.69) is 4.98 Å². The number of alkyl halides is 3. The Bertz CT molecular complexity index is 5300. The average molecular weight is 1460 g/mol. The predicted molar refractivity (Wildman–Crippen MR) is 386 cm³/mol. The Balaban J connectivity index is 0.000000188. The van der Waals surface area contributed by atoms with Gasteiger partial charge in [0.2, 0.25) is 0 Å². The second-order valence-corrected chi connectivity index (χ2v) is 26.5. The average Bonchev–Trinajstić information content (AvgIpc) is 1.50. The Morgan fingerprint density at radius 2 is 0.858 bits per heavy atom. The van der Waals surface area contributed by atoms with Crippen molar-refractivity contribution in [2.24, 2.45) is 0 Å². The van der Waals surface area contributed by atoms with Crippen LogP contribution in [0.25, 0.3) is 21.8 Å². The summed E-state index contributed by atoms with van der Waals surface area (Å²) in [6.07, 6.45) is 2.28. The molecule has 0 atom stereocenters. The molecule has 4 heterocycles. The van der Waals surface area contributed by atoms with Crippen LogP contribution in [-0.2, 0) is 53.9 Å². The largest absolute Gasteiger partial charge is 0.534 e. The molecule has 14 rings (SSSR count). The molecular weight excluding hydrogens is 1390 g/mol. The summed E-state index contributed by atoms with van der Waals surface area (Å²) in [5, 5.41) is 0.351. The Kier molecular flexibility index (Phi) is 21.0. The van der Waals surface area contributed by atoms with E-state index < -0.39 is 51.3 Å². The van der Waals surface area contributed by atoms with Crippen molar-refractivity contribution in [2.45, 2.75) is 56.7 Å². The molecule has 0 fully saturated rings. The number of carbonyl (C=O) groups is 3. The third-order valence-corrected chi connectivity index (χ3v) is 19.2. The summed E-state index contributed by atoms with van der Waals surface area (Å²) in [7, 11) is 1.13.